The van der Waals surface area contributed by atoms with Gasteiger partial charge in [-0.25, -0.2) is 13.6 Å². The Labute approximate surface area is 173 Å². The number of alkyl halides is 2. The van der Waals surface area contributed by atoms with Crippen LogP contribution in [0.1, 0.15) is 61.5 Å². The van der Waals surface area contributed by atoms with E-state index in [1.165, 1.54) is 18.3 Å². The van der Waals surface area contributed by atoms with E-state index in [0.29, 0.717) is 30.2 Å². The number of rotatable bonds is 6. The Morgan fingerprint density at radius 2 is 2.00 bits per heavy atom. The van der Waals surface area contributed by atoms with Gasteiger partial charge in [0.1, 0.15) is 11.3 Å². The van der Waals surface area contributed by atoms with E-state index in [1.54, 1.807) is 10.6 Å². The fourth-order valence-electron chi connectivity index (χ4n) is 4.09. The highest BCUT2D eigenvalue weighted by Crippen LogP contribution is 2.45. The maximum Gasteiger partial charge on any atom is 0.341 e. The SMILES string of the molecule is CC(C)C1(C)Cc2cc(OCC3CC3)c(C(F)F)cc2-c2cc(=O)c(C(=O)O)cn21. The van der Waals surface area contributed by atoms with Crippen LogP contribution in [0.5, 0.6) is 5.75 Å². The molecule has 1 atom stereocenters. The highest BCUT2D eigenvalue weighted by Gasteiger charge is 2.38. The minimum Gasteiger partial charge on any atom is -0.493 e. The molecular weight excluding hydrogens is 392 g/mol. The van der Waals surface area contributed by atoms with E-state index >= 15 is 0 Å². The van der Waals surface area contributed by atoms with Gasteiger partial charge in [0.25, 0.3) is 6.43 Å². The summed E-state index contributed by atoms with van der Waals surface area (Å²) in [4.78, 5) is 24.0. The van der Waals surface area contributed by atoms with Gasteiger partial charge in [0, 0.05) is 23.4 Å². The summed E-state index contributed by atoms with van der Waals surface area (Å²) in [6, 6.07) is 4.33. The number of nitrogens with zero attached hydrogens (tertiary/aromatic N) is 1. The van der Waals surface area contributed by atoms with Crippen LogP contribution in [0.4, 0.5) is 8.78 Å². The number of halogens is 2. The molecule has 30 heavy (non-hydrogen) atoms. The molecule has 0 radical (unpaired) electrons. The normalized spacial score (nSPS) is 20.2. The molecule has 1 N–H and O–H groups in total. The average Bonchev–Trinajstić information content (AvgIpc) is 3.49. The first-order valence-electron chi connectivity index (χ1n) is 10.2. The van der Waals surface area contributed by atoms with Crippen molar-refractivity contribution in [1.29, 1.82) is 0 Å². The number of carboxylic acid groups (broad SMARTS) is 1. The predicted octanol–water partition coefficient (Wildman–Crippen LogP) is 4.87. The molecule has 0 bridgehead atoms. The van der Waals surface area contributed by atoms with Crippen molar-refractivity contribution in [3.8, 4) is 17.0 Å². The minimum absolute atomic E-state index is 0.0964. The number of hydrogen-bond acceptors (Lipinski definition) is 3. The quantitative estimate of drug-likeness (QED) is 0.728. The van der Waals surface area contributed by atoms with Gasteiger partial charge in [-0.15, -0.1) is 0 Å². The van der Waals surface area contributed by atoms with Crippen LogP contribution in [-0.4, -0.2) is 22.2 Å². The first-order chi connectivity index (χ1) is 14.1. The fraction of sp³-hybridized carbons (Fsp3) is 0.478. The number of ether oxygens (including phenoxy) is 1. The Kier molecular flexibility index (Phi) is 4.95. The Hall–Kier alpha value is -2.70. The third-order valence-corrected chi connectivity index (χ3v) is 6.54. The molecule has 1 saturated carbocycles. The Morgan fingerprint density at radius 1 is 1.30 bits per heavy atom. The second kappa shape index (κ2) is 7.22. The summed E-state index contributed by atoms with van der Waals surface area (Å²) in [5.74, 6) is -0.579. The van der Waals surface area contributed by atoms with Gasteiger partial charge in [-0.1, -0.05) is 13.8 Å². The molecule has 1 aromatic carbocycles. The molecule has 2 aliphatic rings. The molecule has 1 aliphatic heterocycles. The standard InChI is InChI=1S/C23H25F2NO4/c1-12(2)23(3)9-14-6-20(30-11-13-4-5-13)16(21(24)25)7-15(14)18-8-19(27)17(22(28)29)10-26(18)23/h6-8,10,12-13,21H,4-5,9,11H2,1-3H3,(H,28,29). The maximum atomic E-state index is 13.8. The van der Waals surface area contributed by atoms with Crippen LogP contribution in [0.25, 0.3) is 11.3 Å². The lowest BCUT2D eigenvalue weighted by Crippen LogP contribution is -2.42. The van der Waals surface area contributed by atoms with Crippen LogP contribution in [0.15, 0.2) is 29.2 Å². The first kappa shape index (κ1) is 20.6. The number of aromatic carboxylic acids is 1. The average molecular weight is 417 g/mol. The van der Waals surface area contributed by atoms with Crippen LogP contribution in [0.2, 0.25) is 0 Å². The molecule has 4 rings (SSSR count). The zero-order valence-corrected chi connectivity index (χ0v) is 17.2. The van der Waals surface area contributed by atoms with Crippen molar-refractivity contribution in [1.82, 2.24) is 4.57 Å². The number of pyridine rings is 1. The summed E-state index contributed by atoms with van der Waals surface area (Å²) in [6.07, 6.45) is 1.26. The van der Waals surface area contributed by atoms with Crippen LogP contribution < -0.4 is 10.2 Å². The van der Waals surface area contributed by atoms with Crippen LogP contribution in [0.3, 0.4) is 0 Å². The summed E-state index contributed by atoms with van der Waals surface area (Å²) in [5, 5.41) is 9.40. The molecule has 0 spiro atoms. The van der Waals surface area contributed by atoms with Crippen molar-refractivity contribution in [3.63, 3.8) is 0 Å². The van der Waals surface area contributed by atoms with E-state index < -0.39 is 23.4 Å². The van der Waals surface area contributed by atoms with E-state index in [0.717, 1.165) is 18.4 Å². The summed E-state index contributed by atoms with van der Waals surface area (Å²) in [7, 11) is 0. The van der Waals surface area contributed by atoms with E-state index in [1.807, 2.05) is 20.8 Å². The highest BCUT2D eigenvalue weighted by molar-refractivity contribution is 5.88. The number of aromatic nitrogens is 1. The summed E-state index contributed by atoms with van der Waals surface area (Å²) in [5.41, 5.74) is 0.107. The summed E-state index contributed by atoms with van der Waals surface area (Å²) >= 11 is 0. The number of hydrogen-bond donors (Lipinski definition) is 1. The molecule has 160 valence electrons. The van der Waals surface area contributed by atoms with Crippen molar-refractivity contribution in [2.75, 3.05) is 6.61 Å². The van der Waals surface area contributed by atoms with Gasteiger partial charge in [0.15, 0.2) is 5.43 Å². The Balaban J connectivity index is 1.93. The number of carboxylic acids is 1. The fourth-order valence-corrected chi connectivity index (χ4v) is 4.09. The van der Waals surface area contributed by atoms with E-state index in [-0.39, 0.29) is 22.8 Å². The molecule has 2 heterocycles. The van der Waals surface area contributed by atoms with Gasteiger partial charge < -0.3 is 14.4 Å². The largest absolute Gasteiger partial charge is 0.493 e. The van der Waals surface area contributed by atoms with Gasteiger partial charge in [-0.3, -0.25) is 4.79 Å². The second-order valence-corrected chi connectivity index (χ2v) is 8.90. The summed E-state index contributed by atoms with van der Waals surface area (Å²) in [6.45, 7) is 6.46. The van der Waals surface area contributed by atoms with Gasteiger partial charge >= 0.3 is 5.97 Å². The van der Waals surface area contributed by atoms with Crippen molar-refractivity contribution >= 4 is 5.97 Å². The van der Waals surface area contributed by atoms with Gasteiger partial charge in [-0.2, -0.15) is 0 Å². The van der Waals surface area contributed by atoms with E-state index in [4.69, 9.17) is 4.74 Å². The van der Waals surface area contributed by atoms with E-state index in [2.05, 4.69) is 0 Å². The maximum absolute atomic E-state index is 13.8. The molecule has 2 aromatic rings. The smallest absolute Gasteiger partial charge is 0.341 e. The van der Waals surface area contributed by atoms with Crippen LogP contribution >= 0.6 is 0 Å². The zero-order valence-electron chi connectivity index (χ0n) is 17.2. The van der Waals surface area contributed by atoms with E-state index in [9.17, 15) is 23.5 Å². The lowest BCUT2D eigenvalue weighted by atomic mass is 9.76. The van der Waals surface area contributed by atoms with Crippen LogP contribution in [0, 0.1) is 11.8 Å². The second-order valence-electron chi connectivity index (χ2n) is 8.90. The molecule has 5 nitrogen and oxygen atoms in total. The Morgan fingerprint density at radius 3 is 2.57 bits per heavy atom. The molecule has 0 amide bonds. The van der Waals surface area contributed by atoms with Crippen molar-refractivity contribution in [2.45, 2.75) is 52.0 Å². The van der Waals surface area contributed by atoms with Crippen molar-refractivity contribution in [3.05, 3.63) is 51.3 Å². The van der Waals surface area contributed by atoms with Crippen LogP contribution in [-0.2, 0) is 12.0 Å². The zero-order chi connectivity index (χ0) is 21.8. The molecule has 1 unspecified atom stereocenters. The minimum atomic E-state index is -2.72. The molecule has 7 heteroatoms. The summed E-state index contributed by atoms with van der Waals surface area (Å²) < 4.78 is 35.2. The van der Waals surface area contributed by atoms with Crippen molar-refractivity contribution < 1.29 is 23.4 Å². The molecule has 1 aromatic heterocycles. The highest BCUT2D eigenvalue weighted by atomic mass is 19.3. The Bertz CT molecular complexity index is 1070. The first-order valence-corrected chi connectivity index (χ1v) is 10.2. The number of carbonyl (C=O) groups is 1. The lowest BCUT2D eigenvalue weighted by molar-refractivity contribution is 0.0693. The van der Waals surface area contributed by atoms with Gasteiger partial charge in [0.05, 0.1) is 17.9 Å². The molecular formula is C23H25F2NO4. The lowest BCUT2D eigenvalue weighted by Gasteiger charge is -2.43. The molecule has 1 fully saturated rings. The topological polar surface area (TPSA) is 68.5 Å². The van der Waals surface area contributed by atoms with Gasteiger partial charge in [0.2, 0.25) is 0 Å². The third-order valence-electron chi connectivity index (χ3n) is 6.54. The molecule has 1 aliphatic carbocycles. The predicted molar refractivity (Wildman–Crippen MR) is 108 cm³/mol. The number of fused-ring (bicyclic) bond motifs is 3. The third kappa shape index (κ3) is 3.40. The molecule has 0 saturated heterocycles. The number of benzene rings is 1. The monoisotopic (exact) mass is 417 g/mol. The van der Waals surface area contributed by atoms with Crippen molar-refractivity contribution in [2.24, 2.45) is 11.8 Å². The van der Waals surface area contributed by atoms with Gasteiger partial charge in [-0.05, 0) is 55.7 Å².